The molecule has 0 saturated heterocycles. The number of para-hydroxylation sites is 1. The number of rotatable bonds is 5. The maximum Gasteiger partial charge on any atom is 0.188 e. The molecule has 0 bridgehead atoms. The number of hydrogen-bond donors (Lipinski definition) is 0. The van der Waals surface area contributed by atoms with Crippen LogP contribution in [-0.2, 0) is 0 Å². The molecule has 1 saturated carbocycles. The molecule has 3 rings (SSSR count). The van der Waals surface area contributed by atoms with Gasteiger partial charge in [0.15, 0.2) is 11.6 Å². The summed E-state index contributed by atoms with van der Waals surface area (Å²) in [5, 5.41) is 0. The van der Waals surface area contributed by atoms with E-state index < -0.39 is 5.82 Å². The highest BCUT2D eigenvalue weighted by Gasteiger charge is 2.17. The van der Waals surface area contributed by atoms with Gasteiger partial charge in [-0.2, -0.15) is 0 Å². The monoisotopic (exact) mass is 311 g/mol. The first-order valence-electron chi connectivity index (χ1n) is 7.81. The fourth-order valence-corrected chi connectivity index (χ4v) is 2.74. The Morgan fingerprint density at radius 1 is 1.22 bits per heavy atom. The minimum absolute atomic E-state index is 0.0189. The molecule has 2 aromatic rings. The van der Waals surface area contributed by atoms with Gasteiger partial charge < -0.3 is 4.74 Å². The van der Waals surface area contributed by atoms with Gasteiger partial charge in [0.1, 0.15) is 5.75 Å². The molecule has 1 heterocycles. The van der Waals surface area contributed by atoms with Crippen LogP contribution in [0.5, 0.6) is 5.75 Å². The van der Waals surface area contributed by atoms with Crippen molar-refractivity contribution in [3.05, 3.63) is 65.7 Å². The number of ether oxygens (including phenoxy) is 1. The number of ketones is 1. The number of nitrogens with zero attached hydrogens (tertiary/aromatic N) is 1. The molecule has 1 fully saturated rings. The topological polar surface area (TPSA) is 39.2 Å². The van der Waals surface area contributed by atoms with E-state index in [4.69, 9.17) is 4.74 Å². The van der Waals surface area contributed by atoms with Crippen molar-refractivity contribution in [3.8, 4) is 5.75 Å². The summed E-state index contributed by atoms with van der Waals surface area (Å²) in [6.45, 7) is 0. The van der Waals surface area contributed by atoms with Gasteiger partial charge in [0.2, 0.25) is 0 Å². The molecule has 118 valence electrons. The highest BCUT2D eigenvalue weighted by atomic mass is 19.1. The summed E-state index contributed by atoms with van der Waals surface area (Å²) in [5.41, 5.74) is 0.840. The summed E-state index contributed by atoms with van der Waals surface area (Å²) in [5.74, 6) is -0.239. The smallest absolute Gasteiger partial charge is 0.188 e. The summed E-state index contributed by atoms with van der Waals surface area (Å²) in [4.78, 5) is 15.7. The molecule has 1 aliphatic carbocycles. The van der Waals surface area contributed by atoms with Crippen LogP contribution in [0.1, 0.15) is 41.6 Å². The second kappa shape index (κ2) is 7.18. The lowest BCUT2D eigenvalue weighted by atomic mass is 10.1. The highest BCUT2D eigenvalue weighted by Crippen LogP contribution is 2.27. The Bertz CT molecular complexity index is 721. The van der Waals surface area contributed by atoms with E-state index in [0.29, 0.717) is 0 Å². The average Bonchev–Trinajstić information content (AvgIpc) is 3.07. The van der Waals surface area contributed by atoms with Gasteiger partial charge in [0.25, 0.3) is 0 Å². The lowest BCUT2D eigenvalue weighted by Gasteiger charge is -2.15. The van der Waals surface area contributed by atoms with Gasteiger partial charge in [-0.25, -0.2) is 4.39 Å². The first kappa shape index (κ1) is 15.4. The van der Waals surface area contributed by atoms with E-state index in [1.165, 1.54) is 31.2 Å². The predicted molar refractivity (Wildman–Crippen MR) is 86.9 cm³/mol. The van der Waals surface area contributed by atoms with Crippen LogP contribution in [0.2, 0.25) is 0 Å². The molecule has 0 radical (unpaired) electrons. The number of aromatic nitrogens is 1. The second-order valence-electron chi connectivity index (χ2n) is 5.62. The zero-order valence-corrected chi connectivity index (χ0v) is 12.7. The Balaban J connectivity index is 1.77. The fraction of sp³-hybridized carbons (Fsp3) is 0.263. The standard InChI is InChI=1S/C19H18FNO2/c20-17-13-21-12-11-16(17)18(22)10-9-14-5-1-4-8-19(14)23-15-6-2-3-7-15/h1,4-5,8-13,15H,2-3,6-7H2/b10-9+. The van der Waals surface area contributed by atoms with E-state index >= 15 is 0 Å². The first-order valence-corrected chi connectivity index (χ1v) is 7.81. The Labute approximate surface area is 134 Å². The van der Waals surface area contributed by atoms with Crippen molar-refractivity contribution in [2.24, 2.45) is 0 Å². The summed E-state index contributed by atoms with van der Waals surface area (Å²) in [6.07, 6.45) is 10.3. The van der Waals surface area contributed by atoms with E-state index in [9.17, 15) is 9.18 Å². The maximum absolute atomic E-state index is 13.6. The van der Waals surface area contributed by atoms with Crippen molar-refractivity contribution in [1.29, 1.82) is 0 Å². The Morgan fingerprint density at radius 2 is 2.00 bits per heavy atom. The molecular weight excluding hydrogens is 293 g/mol. The lowest BCUT2D eigenvalue weighted by Crippen LogP contribution is -2.11. The van der Waals surface area contributed by atoms with Gasteiger partial charge in [-0.1, -0.05) is 18.2 Å². The molecule has 0 amide bonds. The average molecular weight is 311 g/mol. The van der Waals surface area contributed by atoms with Crippen LogP contribution in [0.3, 0.4) is 0 Å². The van der Waals surface area contributed by atoms with Crippen LogP contribution in [0, 0.1) is 5.82 Å². The van der Waals surface area contributed by atoms with Gasteiger partial charge >= 0.3 is 0 Å². The molecule has 1 aromatic carbocycles. The number of hydrogen-bond acceptors (Lipinski definition) is 3. The minimum Gasteiger partial charge on any atom is -0.490 e. The van der Waals surface area contributed by atoms with Crippen molar-refractivity contribution >= 4 is 11.9 Å². The SMILES string of the molecule is O=C(/C=C/c1ccccc1OC1CCCC1)c1ccncc1F. The molecule has 4 heteroatoms. The van der Waals surface area contributed by atoms with Gasteiger partial charge in [-0.3, -0.25) is 9.78 Å². The molecule has 1 aliphatic rings. The third kappa shape index (κ3) is 3.83. The molecule has 0 unspecified atom stereocenters. The van der Waals surface area contributed by atoms with Crippen LogP contribution in [-0.4, -0.2) is 16.9 Å². The quantitative estimate of drug-likeness (QED) is 0.605. The van der Waals surface area contributed by atoms with Crippen molar-refractivity contribution in [1.82, 2.24) is 4.98 Å². The maximum atomic E-state index is 13.6. The Kier molecular flexibility index (Phi) is 4.81. The number of benzene rings is 1. The van der Waals surface area contributed by atoms with Gasteiger partial charge in [0, 0.05) is 11.8 Å². The van der Waals surface area contributed by atoms with Crippen LogP contribution in [0.15, 0.2) is 48.8 Å². The second-order valence-corrected chi connectivity index (χ2v) is 5.62. The molecule has 0 spiro atoms. The normalized spacial score (nSPS) is 15.2. The summed E-state index contributed by atoms with van der Waals surface area (Å²) in [7, 11) is 0. The largest absolute Gasteiger partial charge is 0.490 e. The van der Waals surface area contributed by atoms with Crippen molar-refractivity contribution in [2.45, 2.75) is 31.8 Å². The van der Waals surface area contributed by atoms with Crippen molar-refractivity contribution in [3.63, 3.8) is 0 Å². The number of allylic oxidation sites excluding steroid dienone is 1. The van der Waals surface area contributed by atoms with Gasteiger partial charge in [-0.05, 0) is 50.0 Å². The Morgan fingerprint density at radius 3 is 2.78 bits per heavy atom. The van der Waals surface area contributed by atoms with Gasteiger partial charge in [0.05, 0.1) is 17.9 Å². The molecule has 3 nitrogen and oxygen atoms in total. The molecule has 0 aliphatic heterocycles. The third-order valence-corrected chi connectivity index (χ3v) is 3.97. The van der Waals surface area contributed by atoms with Gasteiger partial charge in [-0.15, -0.1) is 0 Å². The van der Waals surface area contributed by atoms with Crippen LogP contribution in [0.25, 0.3) is 6.08 Å². The molecular formula is C19H18FNO2. The number of carbonyl (C=O) groups excluding carboxylic acids is 1. The van der Waals surface area contributed by atoms with Crippen molar-refractivity contribution in [2.75, 3.05) is 0 Å². The van der Waals surface area contributed by atoms with E-state index in [1.807, 2.05) is 24.3 Å². The van der Waals surface area contributed by atoms with E-state index in [1.54, 1.807) is 6.08 Å². The van der Waals surface area contributed by atoms with Crippen LogP contribution < -0.4 is 4.74 Å². The van der Waals surface area contributed by atoms with Crippen molar-refractivity contribution < 1.29 is 13.9 Å². The third-order valence-electron chi connectivity index (χ3n) is 3.97. The Hall–Kier alpha value is -2.49. The van der Waals surface area contributed by atoms with E-state index in [2.05, 4.69) is 4.98 Å². The summed E-state index contributed by atoms with van der Waals surface area (Å²) >= 11 is 0. The molecule has 1 aromatic heterocycles. The highest BCUT2D eigenvalue weighted by molar-refractivity contribution is 6.07. The number of halogens is 1. The minimum atomic E-state index is -0.613. The predicted octanol–water partition coefficient (Wildman–Crippen LogP) is 4.44. The molecule has 0 atom stereocenters. The van der Waals surface area contributed by atoms with E-state index in [-0.39, 0.29) is 17.5 Å². The lowest BCUT2D eigenvalue weighted by molar-refractivity contribution is 0.104. The summed E-state index contributed by atoms with van der Waals surface area (Å²) in [6, 6.07) is 8.96. The zero-order valence-electron chi connectivity index (χ0n) is 12.7. The summed E-state index contributed by atoms with van der Waals surface area (Å²) < 4.78 is 19.6. The molecule has 0 N–H and O–H groups in total. The first-order chi connectivity index (χ1) is 11.2. The number of pyridine rings is 1. The zero-order chi connectivity index (χ0) is 16.1. The van der Waals surface area contributed by atoms with E-state index in [0.717, 1.165) is 30.4 Å². The fourth-order valence-electron chi connectivity index (χ4n) is 2.74. The van der Waals surface area contributed by atoms with Crippen LogP contribution >= 0.6 is 0 Å². The number of carbonyl (C=O) groups is 1. The molecule has 23 heavy (non-hydrogen) atoms. The van der Waals surface area contributed by atoms with Crippen LogP contribution in [0.4, 0.5) is 4.39 Å².